The second-order valence-corrected chi connectivity index (χ2v) is 5.06. The summed E-state index contributed by atoms with van der Waals surface area (Å²) in [6.07, 6.45) is 0.911. The molecule has 0 fully saturated rings. The molecular weight excluding hydrogens is 282 g/mol. The first-order chi connectivity index (χ1) is 9.15. The number of aromatic nitrogens is 1. The third kappa shape index (κ3) is 3.61. The Labute approximate surface area is 122 Å². The number of nitrogens with one attached hydrogen (secondary N) is 1. The van der Waals surface area contributed by atoms with E-state index in [9.17, 15) is 4.79 Å². The quantitative estimate of drug-likeness (QED) is 0.829. The number of carbonyl (C=O) groups excluding carboxylic acids is 1. The van der Waals surface area contributed by atoms with E-state index in [1.165, 1.54) is 7.11 Å². The number of ether oxygens (including phenoxy) is 1. The lowest BCUT2D eigenvalue weighted by atomic mass is 10.3. The molecule has 0 bridgehead atoms. The second-order valence-electron chi connectivity index (χ2n) is 3.51. The van der Waals surface area contributed by atoms with Gasteiger partial charge in [0.25, 0.3) is 0 Å². The molecule has 3 nitrogen and oxygen atoms in total. The van der Waals surface area contributed by atoms with Gasteiger partial charge >= 0.3 is 5.97 Å². The highest BCUT2D eigenvalue weighted by molar-refractivity contribution is 7.16. The van der Waals surface area contributed by atoms with Gasteiger partial charge in [-0.3, -0.25) is 0 Å². The van der Waals surface area contributed by atoms with Crippen molar-refractivity contribution in [3.8, 4) is 10.6 Å². The van der Waals surface area contributed by atoms with Crippen molar-refractivity contribution >= 4 is 28.9 Å². The maximum atomic E-state index is 11.3. The van der Waals surface area contributed by atoms with Gasteiger partial charge in [0.1, 0.15) is 5.69 Å². The number of methoxy groups -OCH3 is 1. The molecule has 0 saturated heterocycles. The fourth-order valence-electron chi connectivity index (χ4n) is 1.55. The molecule has 2 aromatic heterocycles. The van der Waals surface area contributed by atoms with Crippen LogP contribution in [0.4, 0.5) is 0 Å². The van der Waals surface area contributed by atoms with E-state index < -0.39 is 0 Å². The lowest BCUT2D eigenvalue weighted by Gasteiger charge is -1.94. The van der Waals surface area contributed by atoms with Crippen LogP contribution in [0.5, 0.6) is 0 Å². The molecule has 0 aromatic carbocycles. The number of rotatable bonds is 3. The van der Waals surface area contributed by atoms with Gasteiger partial charge in [0.2, 0.25) is 0 Å². The molecule has 2 rings (SSSR count). The molecule has 0 atom stereocenters. The zero-order chi connectivity index (χ0) is 14.4. The van der Waals surface area contributed by atoms with Crippen LogP contribution in [0.15, 0.2) is 18.2 Å². The Hall–Kier alpha value is -1.26. The van der Waals surface area contributed by atoms with Gasteiger partial charge < -0.3 is 9.72 Å². The summed E-state index contributed by atoms with van der Waals surface area (Å²) in [6, 6.07) is 5.48. The van der Waals surface area contributed by atoms with Crippen LogP contribution in [0.3, 0.4) is 0 Å². The second kappa shape index (κ2) is 7.36. The van der Waals surface area contributed by atoms with E-state index in [1.54, 1.807) is 17.4 Å². The monoisotopic (exact) mass is 299 g/mol. The van der Waals surface area contributed by atoms with Crippen LogP contribution in [0, 0.1) is 0 Å². The van der Waals surface area contributed by atoms with E-state index >= 15 is 0 Å². The van der Waals surface area contributed by atoms with Crippen LogP contribution in [0.2, 0.25) is 5.02 Å². The lowest BCUT2D eigenvalue weighted by molar-refractivity contribution is 0.0595. The van der Waals surface area contributed by atoms with Gasteiger partial charge in [-0.2, -0.15) is 0 Å². The number of halogens is 1. The number of H-pyrrole nitrogens is 1. The van der Waals surface area contributed by atoms with Crippen LogP contribution in [0.1, 0.15) is 36.1 Å². The minimum absolute atomic E-state index is 0.366. The summed E-state index contributed by atoms with van der Waals surface area (Å²) in [4.78, 5) is 16.5. The Balaban J connectivity index is 0.000000861. The number of esters is 1. The van der Waals surface area contributed by atoms with Gasteiger partial charge in [-0.1, -0.05) is 32.4 Å². The van der Waals surface area contributed by atoms with Crippen molar-refractivity contribution in [2.24, 2.45) is 0 Å². The molecular formula is C14H18ClNO2S. The normalized spacial score (nSPS) is 9.74. The van der Waals surface area contributed by atoms with E-state index in [1.807, 2.05) is 26.0 Å². The van der Waals surface area contributed by atoms with Crippen LogP contribution >= 0.6 is 22.9 Å². The summed E-state index contributed by atoms with van der Waals surface area (Å²) < 4.78 is 4.64. The SMILES string of the molecule is CC.CCc1sc(-c2ccc(C(=O)OC)[nH]2)cc1Cl. The largest absolute Gasteiger partial charge is 0.464 e. The molecule has 5 heteroatoms. The molecule has 19 heavy (non-hydrogen) atoms. The highest BCUT2D eigenvalue weighted by atomic mass is 35.5. The van der Waals surface area contributed by atoms with Crippen molar-refractivity contribution in [1.29, 1.82) is 0 Å². The Kier molecular flexibility index (Phi) is 6.12. The van der Waals surface area contributed by atoms with Gasteiger partial charge in [-0.15, -0.1) is 11.3 Å². The van der Waals surface area contributed by atoms with Gasteiger partial charge in [0, 0.05) is 4.88 Å². The molecule has 2 aromatic rings. The predicted molar refractivity (Wildman–Crippen MR) is 81.2 cm³/mol. The van der Waals surface area contributed by atoms with E-state index in [0.29, 0.717) is 5.69 Å². The fourth-order valence-corrected chi connectivity index (χ4v) is 2.94. The van der Waals surface area contributed by atoms with E-state index in [-0.39, 0.29) is 5.97 Å². The first-order valence-electron chi connectivity index (χ1n) is 6.21. The molecule has 0 aliphatic rings. The van der Waals surface area contributed by atoms with Gasteiger partial charge in [-0.05, 0) is 24.6 Å². The highest BCUT2D eigenvalue weighted by Crippen LogP contribution is 2.34. The van der Waals surface area contributed by atoms with Crippen molar-refractivity contribution in [2.45, 2.75) is 27.2 Å². The van der Waals surface area contributed by atoms with Crippen molar-refractivity contribution in [3.63, 3.8) is 0 Å². The summed E-state index contributed by atoms with van der Waals surface area (Å²) in [7, 11) is 1.36. The summed E-state index contributed by atoms with van der Waals surface area (Å²) in [5.41, 5.74) is 1.34. The maximum absolute atomic E-state index is 11.3. The van der Waals surface area contributed by atoms with E-state index in [0.717, 1.165) is 26.9 Å². The Morgan fingerprint density at radius 1 is 1.42 bits per heavy atom. The summed E-state index contributed by atoms with van der Waals surface area (Å²) in [5, 5.41) is 0.779. The number of hydrogen-bond acceptors (Lipinski definition) is 3. The van der Waals surface area contributed by atoms with Gasteiger partial charge in [-0.25, -0.2) is 4.79 Å². The van der Waals surface area contributed by atoms with Crippen molar-refractivity contribution in [3.05, 3.63) is 33.8 Å². The molecule has 0 spiro atoms. The number of hydrogen-bond donors (Lipinski definition) is 1. The van der Waals surface area contributed by atoms with E-state index in [4.69, 9.17) is 11.6 Å². The smallest absolute Gasteiger partial charge is 0.354 e. The molecule has 0 saturated carbocycles. The molecule has 0 radical (unpaired) electrons. The van der Waals surface area contributed by atoms with Gasteiger partial charge in [0.05, 0.1) is 22.7 Å². The van der Waals surface area contributed by atoms with Crippen LogP contribution in [-0.2, 0) is 11.2 Å². The third-order valence-corrected chi connectivity index (χ3v) is 4.20. The van der Waals surface area contributed by atoms with Crippen LogP contribution in [0.25, 0.3) is 10.6 Å². The minimum atomic E-state index is -0.366. The average Bonchev–Trinajstić information content (AvgIpc) is 3.06. The van der Waals surface area contributed by atoms with Gasteiger partial charge in [0.15, 0.2) is 0 Å². The van der Waals surface area contributed by atoms with Crippen molar-refractivity contribution in [1.82, 2.24) is 4.98 Å². The molecule has 0 amide bonds. The number of aryl methyl sites for hydroxylation is 1. The lowest BCUT2D eigenvalue weighted by Crippen LogP contribution is -2.00. The zero-order valence-electron chi connectivity index (χ0n) is 11.5. The number of aromatic amines is 1. The fraction of sp³-hybridized carbons (Fsp3) is 0.357. The standard InChI is InChI=1S/C12H12ClNO2S.C2H6/c1-3-10-7(13)6-11(17-10)8-4-5-9(14-8)12(15)16-2;1-2/h4-6,14H,3H2,1-2H3;1-2H3. The molecule has 1 N–H and O–H groups in total. The molecule has 0 aliphatic heterocycles. The molecule has 0 unspecified atom stereocenters. The molecule has 0 aliphatic carbocycles. The molecule has 104 valence electrons. The first-order valence-corrected chi connectivity index (χ1v) is 7.41. The van der Waals surface area contributed by atoms with Crippen molar-refractivity contribution in [2.75, 3.05) is 7.11 Å². The highest BCUT2D eigenvalue weighted by Gasteiger charge is 2.12. The summed E-state index contributed by atoms with van der Waals surface area (Å²) >= 11 is 7.73. The Morgan fingerprint density at radius 2 is 2.11 bits per heavy atom. The zero-order valence-corrected chi connectivity index (χ0v) is 13.1. The topological polar surface area (TPSA) is 42.1 Å². The van der Waals surface area contributed by atoms with Crippen LogP contribution in [-0.4, -0.2) is 18.1 Å². The molecule has 2 heterocycles. The summed E-state index contributed by atoms with van der Waals surface area (Å²) in [6.45, 7) is 6.07. The van der Waals surface area contributed by atoms with Crippen molar-refractivity contribution < 1.29 is 9.53 Å². The van der Waals surface area contributed by atoms with E-state index in [2.05, 4.69) is 16.6 Å². The van der Waals surface area contributed by atoms with Crippen LogP contribution < -0.4 is 0 Å². The first kappa shape index (κ1) is 15.8. The average molecular weight is 300 g/mol. The third-order valence-electron chi connectivity index (χ3n) is 2.44. The number of carbonyl (C=O) groups is 1. The Morgan fingerprint density at radius 3 is 2.63 bits per heavy atom. The Bertz CT molecular complexity index is 545. The predicted octanol–water partition coefficient (Wildman–Crippen LogP) is 4.77. The minimum Gasteiger partial charge on any atom is -0.464 e. The number of thiophene rings is 1. The maximum Gasteiger partial charge on any atom is 0.354 e. The summed E-state index contributed by atoms with van der Waals surface area (Å²) in [5.74, 6) is -0.366.